The van der Waals surface area contributed by atoms with E-state index in [1.807, 2.05) is 19.1 Å². The molecule has 1 amide bonds. The van der Waals surface area contributed by atoms with Gasteiger partial charge in [-0.3, -0.25) is 9.69 Å². The number of ether oxygens (including phenoxy) is 2. The minimum atomic E-state index is -4.00. The zero-order chi connectivity index (χ0) is 29.0. The summed E-state index contributed by atoms with van der Waals surface area (Å²) in [5.41, 5.74) is 1.76. The van der Waals surface area contributed by atoms with Crippen LogP contribution in [-0.4, -0.2) is 44.7 Å². The molecule has 2 aromatic rings. The molecule has 1 aliphatic rings. The number of unbranched alkanes of at least 4 members (excludes halogenated alkanes) is 6. The van der Waals surface area contributed by atoms with Crippen LogP contribution >= 0.6 is 11.8 Å². The number of carbonyl (C=O) groups excluding carboxylic acids is 1. The lowest BCUT2D eigenvalue weighted by Gasteiger charge is -2.12. The molecule has 0 spiro atoms. The van der Waals surface area contributed by atoms with Crippen LogP contribution < -0.4 is 9.47 Å². The Morgan fingerprint density at radius 3 is 2.33 bits per heavy atom. The van der Waals surface area contributed by atoms with Crippen LogP contribution in [0, 0.1) is 0 Å². The number of hydrogen-bond donors (Lipinski definition) is 0. The molecule has 216 valence electrons. The van der Waals surface area contributed by atoms with Crippen molar-refractivity contribution in [3.8, 4) is 11.5 Å². The van der Waals surface area contributed by atoms with Crippen LogP contribution in [0.25, 0.3) is 6.08 Å². The standard InChI is InChI=1S/C31H40N2O5S2/c1-5-8-9-10-11-12-13-21-38-27-19-16-25(22-28(27)37-4)23-29-30(34)33(20-6-2)31(39-29)32-40(35,36)26-17-14-24(7-3)15-18-26/h6,14-19,22-23H,2,5,7-13,20-21H2,1,3-4H3/b29-23-,32-31+. The van der Waals surface area contributed by atoms with E-state index in [4.69, 9.17) is 9.47 Å². The quantitative estimate of drug-likeness (QED) is 0.118. The number of rotatable bonds is 16. The predicted molar refractivity (Wildman–Crippen MR) is 164 cm³/mol. The van der Waals surface area contributed by atoms with Gasteiger partial charge >= 0.3 is 0 Å². The van der Waals surface area contributed by atoms with Crippen LogP contribution in [0.4, 0.5) is 0 Å². The second kappa shape index (κ2) is 15.7. The minimum absolute atomic E-state index is 0.0815. The molecule has 0 saturated carbocycles. The van der Waals surface area contributed by atoms with Gasteiger partial charge in [-0.05, 0) is 66.1 Å². The highest BCUT2D eigenvalue weighted by Crippen LogP contribution is 2.35. The second-order valence-electron chi connectivity index (χ2n) is 9.54. The first-order valence-corrected chi connectivity index (χ1v) is 16.2. The average molecular weight is 585 g/mol. The Labute approximate surface area is 243 Å². The molecule has 1 heterocycles. The van der Waals surface area contributed by atoms with Gasteiger partial charge < -0.3 is 9.47 Å². The molecule has 7 nitrogen and oxygen atoms in total. The molecular formula is C31H40N2O5S2. The number of sulfonamides is 1. The SMILES string of the molecule is C=CCN1C(=O)/C(=C/c2ccc(OCCCCCCCCC)c(OC)c2)S/C1=N/S(=O)(=O)c1ccc(CC)cc1. The molecule has 9 heteroatoms. The molecule has 1 aliphatic heterocycles. The van der Waals surface area contributed by atoms with Crippen LogP contribution in [0.3, 0.4) is 0 Å². The van der Waals surface area contributed by atoms with Crippen molar-refractivity contribution >= 4 is 38.9 Å². The van der Waals surface area contributed by atoms with E-state index in [2.05, 4.69) is 17.9 Å². The first-order valence-electron chi connectivity index (χ1n) is 13.9. The van der Waals surface area contributed by atoms with Gasteiger partial charge in [0.2, 0.25) is 0 Å². The van der Waals surface area contributed by atoms with Gasteiger partial charge in [0.15, 0.2) is 16.7 Å². The van der Waals surface area contributed by atoms with Crippen molar-refractivity contribution in [1.82, 2.24) is 4.90 Å². The molecule has 40 heavy (non-hydrogen) atoms. The van der Waals surface area contributed by atoms with Crippen molar-refractivity contribution in [3.63, 3.8) is 0 Å². The molecule has 1 saturated heterocycles. The summed E-state index contributed by atoms with van der Waals surface area (Å²) < 4.78 is 41.5. The Morgan fingerprint density at radius 2 is 1.68 bits per heavy atom. The zero-order valence-electron chi connectivity index (χ0n) is 23.7. The molecule has 0 atom stereocenters. The molecular weight excluding hydrogens is 544 g/mol. The summed E-state index contributed by atoms with van der Waals surface area (Å²) in [7, 11) is -2.42. The van der Waals surface area contributed by atoms with Crippen LogP contribution in [0.1, 0.15) is 69.9 Å². The van der Waals surface area contributed by atoms with E-state index >= 15 is 0 Å². The lowest BCUT2D eigenvalue weighted by atomic mass is 10.1. The van der Waals surface area contributed by atoms with Crippen molar-refractivity contribution < 1.29 is 22.7 Å². The molecule has 3 rings (SSSR count). The monoisotopic (exact) mass is 584 g/mol. The number of thioether (sulfide) groups is 1. The van der Waals surface area contributed by atoms with E-state index < -0.39 is 10.0 Å². The summed E-state index contributed by atoms with van der Waals surface area (Å²) in [6, 6.07) is 12.1. The normalized spacial score (nSPS) is 15.7. The van der Waals surface area contributed by atoms with Crippen molar-refractivity contribution in [2.45, 2.75) is 70.1 Å². The van der Waals surface area contributed by atoms with E-state index in [-0.39, 0.29) is 22.5 Å². The summed E-state index contributed by atoms with van der Waals surface area (Å²) in [4.78, 5) is 14.9. The van der Waals surface area contributed by atoms with E-state index in [0.29, 0.717) is 23.0 Å². The van der Waals surface area contributed by atoms with Crippen LogP contribution in [0.15, 0.2) is 69.3 Å². The third-order valence-corrected chi connectivity index (χ3v) is 8.92. The van der Waals surface area contributed by atoms with Gasteiger partial charge in [0, 0.05) is 6.54 Å². The van der Waals surface area contributed by atoms with E-state index in [0.717, 1.165) is 42.2 Å². The van der Waals surface area contributed by atoms with Crippen molar-refractivity contribution in [2.24, 2.45) is 4.40 Å². The van der Waals surface area contributed by atoms with Gasteiger partial charge in [0.25, 0.3) is 15.9 Å². The highest BCUT2D eigenvalue weighted by Gasteiger charge is 2.34. The molecule has 0 unspecified atom stereocenters. The molecule has 0 N–H and O–H groups in total. The minimum Gasteiger partial charge on any atom is -0.493 e. The molecule has 2 aromatic carbocycles. The highest BCUT2D eigenvalue weighted by atomic mass is 32.2. The number of carbonyl (C=O) groups is 1. The maximum absolute atomic E-state index is 13.2. The van der Waals surface area contributed by atoms with Gasteiger partial charge in [-0.2, -0.15) is 8.42 Å². The van der Waals surface area contributed by atoms with Crippen molar-refractivity contribution in [2.75, 3.05) is 20.3 Å². The Hall–Kier alpha value is -3.04. The highest BCUT2D eigenvalue weighted by molar-refractivity contribution is 8.19. The topological polar surface area (TPSA) is 85.3 Å². The third kappa shape index (κ3) is 8.73. The number of benzene rings is 2. The summed E-state index contributed by atoms with van der Waals surface area (Å²) in [6.07, 6.45) is 12.5. The largest absolute Gasteiger partial charge is 0.493 e. The summed E-state index contributed by atoms with van der Waals surface area (Å²) in [5.74, 6) is 0.887. The Kier molecular flexibility index (Phi) is 12.3. The number of amides is 1. The lowest BCUT2D eigenvalue weighted by molar-refractivity contribution is -0.121. The van der Waals surface area contributed by atoms with Crippen molar-refractivity contribution in [1.29, 1.82) is 0 Å². The van der Waals surface area contributed by atoms with E-state index in [9.17, 15) is 13.2 Å². The smallest absolute Gasteiger partial charge is 0.284 e. The van der Waals surface area contributed by atoms with Gasteiger partial charge in [-0.15, -0.1) is 11.0 Å². The van der Waals surface area contributed by atoms with Gasteiger partial charge in [0.05, 0.1) is 23.5 Å². The Morgan fingerprint density at radius 1 is 0.975 bits per heavy atom. The first-order chi connectivity index (χ1) is 19.3. The van der Waals surface area contributed by atoms with Gasteiger partial charge in [0.1, 0.15) is 0 Å². The molecule has 0 aromatic heterocycles. The second-order valence-corrected chi connectivity index (χ2v) is 12.2. The number of nitrogens with zero attached hydrogens (tertiary/aromatic N) is 2. The first kappa shape index (κ1) is 31.5. The fourth-order valence-corrected chi connectivity index (χ4v) is 6.39. The number of amidine groups is 1. The van der Waals surface area contributed by atoms with Gasteiger partial charge in [-0.1, -0.05) is 76.6 Å². The maximum Gasteiger partial charge on any atom is 0.284 e. The maximum atomic E-state index is 13.2. The predicted octanol–water partition coefficient (Wildman–Crippen LogP) is 7.23. The number of methoxy groups -OCH3 is 1. The number of hydrogen-bond acceptors (Lipinski definition) is 6. The number of aryl methyl sites for hydroxylation is 1. The van der Waals surface area contributed by atoms with E-state index in [1.165, 1.54) is 49.1 Å². The van der Waals surface area contributed by atoms with Crippen LogP contribution in [0.5, 0.6) is 11.5 Å². The Balaban J connectivity index is 1.73. The van der Waals surface area contributed by atoms with Gasteiger partial charge in [-0.25, -0.2) is 0 Å². The van der Waals surface area contributed by atoms with E-state index in [1.54, 1.807) is 37.5 Å². The molecule has 0 aliphatic carbocycles. The molecule has 0 radical (unpaired) electrons. The fraction of sp³-hybridized carbons (Fsp3) is 0.419. The molecule has 1 fully saturated rings. The van der Waals surface area contributed by atoms with Crippen molar-refractivity contribution in [3.05, 3.63) is 71.2 Å². The summed E-state index contributed by atoms with van der Waals surface area (Å²) in [6.45, 7) is 8.68. The molecule has 0 bridgehead atoms. The summed E-state index contributed by atoms with van der Waals surface area (Å²) in [5, 5.41) is 0.0948. The summed E-state index contributed by atoms with van der Waals surface area (Å²) >= 11 is 1.02. The average Bonchev–Trinajstić information content (AvgIpc) is 3.23. The van der Waals surface area contributed by atoms with Crippen LogP contribution in [0.2, 0.25) is 0 Å². The fourth-order valence-electron chi connectivity index (χ4n) is 4.20. The zero-order valence-corrected chi connectivity index (χ0v) is 25.4. The van der Waals surface area contributed by atoms with Crippen LogP contribution in [-0.2, 0) is 21.2 Å². The lowest BCUT2D eigenvalue weighted by Crippen LogP contribution is -2.29. The Bertz CT molecular complexity index is 1320. The third-order valence-electron chi connectivity index (χ3n) is 6.52.